The van der Waals surface area contributed by atoms with Crippen LogP contribution in [0.5, 0.6) is 0 Å². The Labute approximate surface area is 215 Å². The number of H-pyrrole nitrogens is 1. The molecule has 4 heterocycles. The van der Waals surface area contributed by atoms with Gasteiger partial charge in [-0.2, -0.15) is 0 Å². The first-order valence-electron chi connectivity index (χ1n) is 12.4. The predicted octanol–water partition coefficient (Wildman–Crippen LogP) is 6.09. The molecule has 0 radical (unpaired) electrons. The van der Waals surface area contributed by atoms with Crippen LogP contribution in [0, 0.1) is 18.7 Å². The summed E-state index contributed by atoms with van der Waals surface area (Å²) in [6.45, 7) is 12.3. The third-order valence-corrected chi connectivity index (χ3v) is 7.46. The fraction of sp³-hybridized carbons (Fsp3) is 0.321. The summed E-state index contributed by atoms with van der Waals surface area (Å²) >= 11 is 5.11. The van der Waals surface area contributed by atoms with E-state index in [4.69, 9.17) is 21.6 Å². The number of nitrogens with zero attached hydrogens (tertiary/aromatic N) is 4. The summed E-state index contributed by atoms with van der Waals surface area (Å²) in [5, 5.41) is 3.38. The maximum atomic E-state index is 5.59. The molecule has 0 unspecified atom stereocenters. The lowest BCUT2D eigenvalue weighted by molar-refractivity contribution is 0.131. The first-order valence-corrected chi connectivity index (χ1v) is 12.8. The lowest BCUT2D eigenvalue weighted by Crippen LogP contribution is -2.42. The number of aromatic nitrogens is 3. The van der Waals surface area contributed by atoms with Crippen molar-refractivity contribution in [3.63, 3.8) is 0 Å². The van der Waals surface area contributed by atoms with Crippen molar-refractivity contribution in [2.45, 2.75) is 45.8 Å². The van der Waals surface area contributed by atoms with Crippen LogP contribution in [0.15, 0.2) is 53.6 Å². The molecule has 1 saturated heterocycles. The second-order valence-electron chi connectivity index (χ2n) is 9.96. The molecule has 0 amide bonds. The van der Waals surface area contributed by atoms with E-state index >= 15 is 0 Å². The molecule has 2 aliphatic rings. The number of piperidine rings is 1. The molecule has 6 rings (SSSR count). The van der Waals surface area contributed by atoms with E-state index in [0.29, 0.717) is 16.8 Å². The number of hydrogen-bond donors (Lipinski definition) is 2. The van der Waals surface area contributed by atoms with Crippen molar-refractivity contribution in [3.8, 4) is 0 Å². The van der Waals surface area contributed by atoms with E-state index in [1.807, 2.05) is 18.3 Å². The van der Waals surface area contributed by atoms with Crippen molar-refractivity contribution in [3.05, 3.63) is 82.0 Å². The van der Waals surface area contributed by atoms with E-state index < -0.39 is 0 Å². The molecule has 0 saturated carbocycles. The second-order valence-corrected chi connectivity index (χ2v) is 10.3. The quantitative estimate of drug-likeness (QED) is 0.323. The van der Waals surface area contributed by atoms with Crippen LogP contribution >= 0.6 is 12.2 Å². The SMILES string of the molecule is C=C(c1ccc2[nH]c(=S)oc2c1)N1CCC(N2Cc3cnc(Nc4cc(C)cc(C)c4)nc3C2)CC1. The zero-order valence-corrected chi connectivity index (χ0v) is 21.5. The highest BCUT2D eigenvalue weighted by molar-refractivity contribution is 7.71. The average molecular weight is 499 g/mol. The smallest absolute Gasteiger partial charge is 0.266 e. The number of fused-ring (bicyclic) bond motifs is 2. The van der Waals surface area contributed by atoms with Gasteiger partial charge in [-0.1, -0.05) is 18.7 Å². The van der Waals surface area contributed by atoms with E-state index in [1.165, 1.54) is 16.7 Å². The number of oxazole rings is 1. The number of hydrogen-bond acceptors (Lipinski definition) is 7. The molecule has 0 spiro atoms. The third kappa shape index (κ3) is 4.54. The number of nitrogens with one attached hydrogen (secondary N) is 2. The van der Waals surface area contributed by atoms with E-state index in [9.17, 15) is 0 Å². The van der Waals surface area contributed by atoms with Gasteiger partial charge in [0.15, 0.2) is 5.58 Å². The highest BCUT2D eigenvalue weighted by Gasteiger charge is 2.30. The average Bonchev–Trinajstić information content (AvgIpc) is 3.44. The van der Waals surface area contributed by atoms with Gasteiger partial charge in [0.25, 0.3) is 4.84 Å². The van der Waals surface area contributed by atoms with Gasteiger partial charge >= 0.3 is 0 Å². The summed E-state index contributed by atoms with van der Waals surface area (Å²) in [5.74, 6) is 0.668. The van der Waals surface area contributed by atoms with Gasteiger partial charge in [0.2, 0.25) is 5.95 Å². The van der Waals surface area contributed by atoms with Crippen LogP contribution in [-0.4, -0.2) is 43.9 Å². The minimum absolute atomic E-state index is 0.401. The summed E-state index contributed by atoms with van der Waals surface area (Å²) in [4.78, 5) is 17.8. The Balaban J connectivity index is 1.08. The standard InChI is InChI=1S/C28H30N6OS/c1-17-10-18(2)12-22(11-17)30-27-29-14-21-15-34(16-25(21)31-27)23-6-8-33(9-7-23)19(3)20-4-5-24-26(13-20)35-28(36)32-24/h4-5,10-14,23H,3,6-9,15-16H2,1-2H3,(H,32,36)(H,29,30,31). The summed E-state index contributed by atoms with van der Waals surface area (Å²) in [5.41, 5.74) is 9.65. The Morgan fingerprint density at radius 1 is 1.11 bits per heavy atom. The monoisotopic (exact) mass is 498 g/mol. The lowest BCUT2D eigenvalue weighted by Gasteiger charge is -2.38. The van der Waals surface area contributed by atoms with Crippen LogP contribution < -0.4 is 5.32 Å². The highest BCUT2D eigenvalue weighted by atomic mass is 32.1. The minimum Gasteiger partial charge on any atom is -0.429 e. The predicted molar refractivity (Wildman–Crippen MR) is 146 cm³/mol. The third-order valence-electron chi connectivity index (χ3n) is 7.28. The normalized spacial score (nSPS) is 16.4. The highest BCUT2D eigenvalue weighted by Crippen LogP contribution is 2.31. The summed E-state index contributed by atoms with van der Waals surface area (Å²) in [6.07, 6.45) is 4.18. The number of aryl methyl sites for hydroxylation is 2. The van der Waals surface area contributed by atoms with Crippen molar-refractivity contribution < 1.29 is 4.42 Å². The van der Waals surface area contributed by atoms with E-state index in [1.54, 1.807) is 0 Å². The summed E-state index contributed by atoms with van der Waals surface area (Å²) < 4.78 is 5.59. The zero-order valence-electron chi connectivity index (χ0n) is 20.7. The first kappa shape index (κ1) is 22.9. The van der Waals surface area contributed by atoms with Gasteiger partial charge in [-0.15, -0.1) is 0 Å². The molecule has 2 aromatic carbocycles. The van der Waals surface area contributed by atoms with Crippen molar-refractivity contribution in [1.29, 1.82) is 0 Å². The van der Waals surface area contributed by atoms with Crippen LogP contribution in [-0.2, 0) is 13.1 Å². The van der Waals surface area contributed by atoms with Crippen LogP contribution in [0.3, 0.4) is 0 Å². The van der Waals surface area contributed by atoms with E-state index in [0.717, 1.165) is 72.8 Å². The molecule has 7 nitrogen and oxygen atoms in total. The zero-order chi connectivity index (χ0) is 24.8. The summed E-state index contributed by atoms with van der Waals surface area (Å²) in [7, 11) is 0. The van der Waals surface area contributed by atoms with Gasteiger partial charge < -0.3 is 19.6 Å². The molecule has 2 aromatic heterocycles. The number of benzene rings is 2. The fourth-order valence-corrected chi connectivity index (χ4v) is 5.68. The molecule has 4 aromatic rings. The molecular weight excluding hydrogens is 468 g/mol. The van der Waals surface area contributed by atoms with Crippen molar-refractivity contribution >= 4 is 40.7 Å². The van der Waals surface area contributed by atoms with Gasteiger partial charge in [0, 0.05) is 60.9 Å². The largest absolute Gasteiger partial charge is 0.429 e. The molecule has 8 heteroatoms. The second kappa shape index (κ2) is 9.19. The molecule has 1 fully saturated rings. The van der Waals surface area contributed by atoms with Gasteiger partial charge in [-0.05, 0) is 74.3 Å². The topological polar surface area (TPSA) is 73.2 Å². The maximum Gasteiger partial charge on any atom is 0.266 e. The molecule has 2 N–H and O–H groups in total. The van der Waals surface area contributed by atoms with Gasteiger partial charge in [-0.25, -0.2) is 9.97 Å². The molecule has 36 heavy (non-hydrogen) atoms. The van der Waals surface area contributed by atoms with E-state index in [-0.39, 0.29) is 0 Å². The van der Waals surface area contributed by atoms with Crippen molar-refractivity contribution in [1.82, 2.24) is 24.8 Å². The molecule has 0 bridgehead atoms. The van der Waals surface area contributed by atoms with Gasteiger partial charge in [-0.3, -0.25) is 4.90 Å². The van der Waals surface area contributed by atoms with Crippen LogP contribution in [0.25, 0.3) is 16.8 Å². The van der Waals surface area contributed by atoms with Crippen LogP contribution in [0.2, 0.25) is 0 Å². The Hall–Kier alpha value is -3.49. The fourth-order valence-electron chi connectivity index (χ4n) is 5.48. The van der Waals surface area contributed by atoms with Gasteiger partial charge in [0.1, 0.15) is 0 Å². The molecule has 2 aliphatic heterocycles. The number of likely N-dealkylation sites (tertiary alicyclic amines) is 1. The Morgan fingerprint density at radius 2 is 1.89 bits per heavy atom. The lowest BCUT2D eigenvalue weighted by atomic mass is 10.0. The molecule has 184 valence electrons. The Bertz CT molecular complexity index is 1490. The van der Waals surface area contributed by atoms with Crippen molar-refractivity contribution in [2.24, 2.45) is 0 Å². The number of rotatable bonds is 5. The summed E-state index contributed by atoms with van der Waals surface area (Å²) in [6, 6.07) is 13.1. The van der Waals surface area contributed by atoms with Gasteiger partial charge in [0.05, 0.1) is 11.2 Å². The van der Waals surface area contributed by atoms with Crippen LogP contribution in [0.1, 0.15) is 40.8 Å². The van der Waals surface area contributed by atoms with E-state index in [2.05, 4.69) is 69.8 Å². The number of aromatic amines is 1. The molecule has 0 aliphatic carbocycles. The van der Waals surface area contributed by atoms with Crippen molar-refractivity contribution in [2.75, 3.05) is 18.4 Å². The Morgan fingerprint density at radius 3 is 2.67 bits per heavy atom. The molecule has 0 atom stereocenters. The molecular formula is C28H30N6OS. The van der Waals surface area contributed by atoms with Crippen LogP contribution in [0.4, 0.5) is 11.6 Å². The minimum atomic E-state index is 0.401. The number of anilines is 2. The first-order chi connectivity index (χ1) is 17.4. The maximum absolute atomic E-state index is 5.59. The Kier molecular flexibility index (Phi) is 5.85.